The van der Waals surface area contributed by atoms with Crippen LogP contribution < -0.4 is 5.32 Å². The van der Waals surface area contributed by atoms with Gasteiger partial charge in [0.05, 0.1) is 0 Å². The molecule has 3 nitrogen and oxygen atoms in total. The van der Waals surface area contributed by atoms with Crippen molar-refractivity contribution < 1.29 is 9.90 Å². The van der Waals surface area contributed by atoms with Crippen molar-refractivity contribution in [3.63, 3.8) is 0 Å². The molecule has 58 valence electrons. The fourth-order valence-corrected chi connectivity index (χ4v) is 0.730. The van der Waals surface area contributed by atoms with Gasteiger partial charge in [-0.1, -0.05) is 6.58 Å². The molecule has 0 aromatic carbocycles. The van der Waals surface area contributed by atoms with Crippen molar-refractivity contribution in [2.24, 2.45) is 0 Å². The monoisotopic (exact) mass is 161 g/mol. The molecule has 0 saturated carbocycles. The summed E-state index contributed by atoms with van der Waals surface area (Å²) in [4.78, 5) is 10.3. The topological polar surface area (TPSA) is 49.3 Å². The van der Waals surface area contributed by atoms with Crippen molar-refractivity contribution in [1.29, 1.82) is 0 Å². The van der Waals surface area contributed by atoms with Crippen LogP contribution >= 0.6 is 12.6 Å². The summed E-state index contributed by atoms with van der Waals surface area (Å²) < 4.78 is 0. The number of hydrogen-bond donors (Lipinski definition) is 3. The van der Waals surface area contributed by atoms with Gasteiger partial charge in [-0.25, -0.2) is 4.79 Å². The van der Waals surface area contributed by atoms with Gasteiger partial charge in [-0.2, -0.15) is 12.6 Å². The van der Waals surface area contributed by atoms with Crippen LogP contribution in [0.1, 0.15) is 6.92 Å². The van der Waals surface area contributed by atoms with E-state index in [9.17, 15) is 4.79 Å². The maximum Gasteiger partial charge on any atom is 0.326 e. The largest absolute Gasteiger partial charge is 0.480 e. The van der Waals surface area contributed by atoms with E-state index in [0.717, 1.165) is 0 Å². The molecule has 0 aromatic heterocycles. The first-order valence-electron chi connectivity index (χ1n) is 2.83. The van der Waals surface area contributed by atoms with Gasteiger partial charge in [0.2, 0.25) is 0 Å². The van der Waals surface area contributed by atoms with Crippen LogP contribution in [-0.4, -0.2) is 22.9 Å². The Hall–Kier alpha value is -0.640. The van der Waals surface area contributed by atoms with Gasteiger partial charge in [-0.15, -0.1) is 0 Å². The predicted molar refractivity (Wildman–Crippen MR) is 43.2 cm³/mol. The lowest BCUT2D eigenvalue weighted by Gasteiger charge is -2.11. The number of rotatable bonds is 4. The molecular weight excluding hydrogens is 150 g/mol. The Morgan fingerprint density at radius 3 is 2.50 bits per heavy atom. The van der Waals surface area contributed by atoms with Crippen molar-refractivity contribution in [2.45, 2.75) is 13.0 Å². The summed E-state index contributed by atoms with van der Waals surface area (Å²) in [5.41, 5.74) is 0.640. The number of allylic oxidation sites excluding steroid dienone is 1. The fourth-order valence-electron chi connectivity index (χ4n) is 0.483. The molecule has 4 heteroatoms. The molecule has 0 aromatic rings. The fraction of sp³-hybridized carbons (Fsp3) is 0.500. The molecule has 0 aliphatic rings. The van der Waals surface area contributed by atoms with E-state index < -0.39 is 12.0 Å². The SMILES string of the molecule is C=C(C)N[C@@H](CS)C(=O)O. The van der Waals surface area contributed by atoms with E-state index in [1.54, 1.807) is 6.92 Å². The summed E-state index contributed by atoms with van der Waals surface area (Å²) >= 11 is 3.85. The smallest absolute Gasteiger partial charge is 0.326 e. The zero-order chi connectivity index (χ0) is 8.15. The maximum atomic E-state index is 10.3. The average molecular weight is 161 g/mol. The van der Waals surface area contributed by atoms with E-state index in [-0.39, 0.29) is 5.75 Å². The average Bonchev–Trinajstić information content (AvgIpc) is 1.81. The van der Waals surface area contributed by atoms with Crippen LogP contribution in [0, 0.1) is 0 Å². The standard InChI is InChI=1S/C6H11NO2S/c1-4(2)7-5(3-10)6(8)9/h5,7,10H,1,3H2,2H3,(H,8,9)/t5-/m0/s1. The maximum absolute atomic E-state index is 10.3. The van der Waals surface area contributed by atoms with E-state index >= 15 is 0 Å². The number of hydrogen-bond acceptors (Lipinski definition) is 3. The lowest BCUT2D eigenvalue weighted by molar-refractivity contribution is -0.138. The van der Waals surface area contributed by atoms with E-state index in [1.165, 1.54) is 0 Å². The van der Waals surface area contributed by atoms with Crippen LogP contribution in [0.5, 0.6) is 0 Å². The van der Waals surface area contributed by atoms with Crippen LogP contribution in [0.3, 0.4) is 0 Å². The van der Waals surface area contributed by atoms with Gasteiger partial charge in [0.1, 0.15) is 6.04 Å². The van der Waals surface area contributed by atoms with E-state index in [2.05, 4.69) is 24.5 Å². The Kier molecular flexibility index (Phi) is 3.95. The molecule has 1 atom stereocenters. The third-order valence-corrected chi connectivity index (χ3v) is 1.27. The molecule has 0 bridgehead atoms. The summed E-state index contributed by atoms with van der Waals surface area (Å²) in [6, 6.07) is -0.624. The Balaban J connectivity index is 3.83. The van der Waals surface area contributed by atoms with Gasteiger partial charge >= 0.3 is 5.97 Å². The number of nitrogens with one attached hydrogen (secondary N) is 1. The summed E-state index contributed by atoms with van der Waals surface area (Å²) in [6.45, 7) is 5.22. The zero-order valence-corrected chi connectivity index (χ0v) is 6.69. The first-order chi connectivity index (χ1) is 4.57. The third kappa shape index (κ3) is 3.40. The molecule has 0 aliphatic heterocycles. The van der Waals surface area contributed by atoms with E-state index in [0.29, 0.717) is 5.70 Å². The Labute approximate surface area is 65.5 Å². The molecule has 0 amide bonds. The van der Waals surface area contributed by atoms with Gasteiger partial charge in [0.25, 0.3) is 0 Å². The highest BCUT2D eigenvalue weighted by Gasteiger charge is 2.13. The van der Waals surface area contributed by atoms with Gasteiger partial charge in [-0.3, -0.25) is 0 Å². The van der Waals surface area contributed by atoms with Crippen molar-refractivity contribution in [3.05, 3.63) is 12.3 Å². The van der Waals surface area contributed by atoms with Gasteiger partial charge in [0.15, 0.2) is 0 Å². The highest BCUT2D eigenvalue weighted by atomic mass is 32.1. The molecule has 10 heavy (non-hydrogen) atoms. The van der Waals surface area contributed by atoms with Crippen molar-refractivity contribution >= 4 is 18.6 Å². The highest BCUT2D eigenvalue weighted by Crippen LogP contribution is 1.91. The Morgan fingerprint density at radius 2 is 2.40 bits per heavy atom. The molecule has 0 saturated heterocycles. The number of aliphatic carboxylic acids is 1. The molecule has 0 unspecified atom stereocenters. The van der Waals surface area contributed by atoms with Gasteiger partial charge in [-0.05, 0) is 6.92 Å². The number of carboxylic acid groups (broad SMARTS) is 1. The minimum absolute atomic E-state index is 0.266. The second kappa shape index (κ2) is 4.22. The first kappa shape index (κ1) is 9.36. The quantitative estimate of drug-likeness (QED) is 0.526. The van der Waals surface area contributed by atoms with Crippen molar-refractivity contribution in [2.75, 3.05) is 5.75 Å². The number of thiol groups is 1. The normalized spacial score (nSPS) is 12.2. The van der Waals surface area contributed by atoms with Crippen LogP contribution in [0.2, 0.25) is 0 Å². The number of carboxylic acids is 1. The second-order valence-corrected chi connectivity index (χ2v) is 2.36. The second-order valence-electron chi connectivity index (χ2n) is 2.00. The molecule has 0 rings (SSSR count). The molecule has 2 N–H and O–H groups in total. The van der Waals surface area contributed by atoms with Crippen LogP contribution in [0.15, 0.2) is 12.3 Å². The molecule has 0 fully saturated rings. The van der Waals surface area contributed by atoms with Crippen LogP contribution in [-0.2, 0) is 4.79 Å². The van der Waals surface area contributed by atoms with Crippen molar-refractivity contribution in [1.82, 2.24) is 5.32 Å². The number of carbonyl (C=O) groups is 1. The highest BCUT2D eigenvalue weighted by molar-refractivity contribution is 7.80. The molecule has 0 heterocycles. The molecule has 0 radical (unpaired) electrons. The van der Waals surface area contributed by atoms with E-state index in [1.807, 2.05) is 0 Å². The lowest BCUT2D eigenvalue weighted by Crippen LogP contribution is -2.36. The summed E-state index contributed by atoms with van der Waals surface area (Å²) in [5.74, 6) is -0.639. The van der Waals surface area contributed by atoms with E-state index in [4.69, 9.17) is 5.11 Å². The molecule has 0 aliphatic carbocycles. The van der Waals surface area contributed by atoms with Crippen LogP contribution in [0.25, 0.3) is 0 Å². The van der Waals surface area contributed by atoms with Gasteiger partial charge in [0, 0.05) is 11.4 Å². The van der Waals surface area contributed by atoms with Gasteiger partial charge < -0.3 is 10.4 Å². The van der Waals surface area contributed by atoms with Crippen molar-refractivity contribution in [3.8, 4) is 0 Å². The Morgan fingerprint density at radius 1 is 1.90 bits per heavy atom. The predicted octanol–water partition coefficient (Wildman–Crippen LogP) is 0.493. The summed E-state index contributed by atoms with van der Waals surface area (Å²) in [6.07, 6.45) is 0. The first-order valence-corrected chi connectivity index (χ1v) is 3.47. The molecular formula is C6H11NO2S. The minimum Gasteiger partial charge on any atom is -0.480 e. The third-order valence-electron chi connectivity index (χ3n) is 0.901. The summed E-state index contributed by atoms with van der Waals surface area (Å²) in [7, 11) is 0. The minimum atomic E-state index is -0.905. The Bertz CT molecular complexity index is 147. The summed E-state index contributed by atoms with van der Waals surface area (Å²) in [5, 5.41) is 11.1. The molecule has 0 spiro atoms. The zero-order valence-electron chi connectivity index (χ0n) is 5.79. The van der Waals surface area contributed by atoms with Crippen LogP contribution in [0.4, 0.5) is 0 Å². The lowest BCUT2D eigenvalue weighted by atomic mass is 10.3.